The highest BCUT2D eigenvalue weighted by molar-refractivity contribution is 5.94. The molecule has 1 aliphatic heterocycles. The van der Waals surface area contributed by atoms with Crippen molar-refractivity contribution in [1.82, 2.24) is 14.4 Å². The van der Waals surface area contributed by atoms with Crippen molar-refractivity contribution in [3.63, 3.8) is 0 Å². The van der Waals surface area contributed by atoms with Gasteiger partial charge in [-0.25, -0.2) is 0 Å². The number of likely N-dealkylation sites (tertiary alicyclic amines) is 1. The lowest BCUT2D eigenvalue weighted by Gasteiger charge is -2.30. The van der Waals surface area contributed by atoms with E-state index in [0.717, 1.165) is 38.3 Å². The fraction of sp³-hybridized carbons (Fsp3) is 0.414. The summed E-state index contributed by atoms with van der Waals surface area (Å²) >= 11 is 0. The van der Waals surface area contributed by atoms with Crippen LogP contribution in [0.4, 0.5) is 0 Å². The molecule has 2 heterocycles. The molecule has 1 aliphatic rings. The Morgan fingerprint density at radius 2 is 1.73 bits per heavy atom. The quantitative estimate of drug-likeness (QED) is 0.470. The molecule has 0 spiro atoms. The number of hydrogen-bond acceptors (Lipinski definition) is 2. The Morgan fingerprint density at radius 1 is 1.00 bits per heavy atom. The molecule has 1 amide bonds. The number of nitrogens with zero attached hydrogens (tertiary/aromatic N) is 3. The number of rotatable bonds is 8. The van der Waals surface area contributed by atoms with Crippen molar-refractivity contribution in [1.29, 1.82) is 0 Å². The summed E-state index contributed by atoms with van der Waals surface area (Å²) in [6, 6.07) is 23.2. The molecule has 4 heteroatoms. The Morgan fingerprint density at radius 3 is 2.36 bits per heavy atom. The van der Waals surface area contributed by atoms with Gasteiger partial charge < -0.3 is 9.47 Å². The first kappa shape index (κ1) is 23.3. The molecule has 33 heavy (non-hydrogen) atoms. The molecule has 3 aromatic rings. The normalized spacial score (nSPS) is 18.7. The molecule has 174 valence electrons. The summed E-state index contributed by atoms with van der Waals surface area (Å²) in [4.78, 5) is 18.2. The first-order valence-corrected chi connectivity index (χ1v) is 12.1. The average molecular weight is 444 g/mol. The summed E-state index contributed by atoms with van der Waals surface area (Å²) in [5.74, 6) is 1.40. The first-order chi connectivity index (χ1) is 15.9. The van der Waals surface area contributed by atoms with Gasteiger partial charge in [0.15, 0.2) is 0 Å². The molecule has 2 aromatic carbocycles. The molecule has 1 aromatic heterocycles. The first-order valence-electron chi connectivity index (χ1n) is 12.1. The zero-order valence-electron chi connectivity index (χ0n) is 20.4. The van der Waals surface area contributed by atoms with E-state index >= 15 is 0 Å². The van der Waals surface area contributed by atoms with E-state index in [-0.39, 0.29) is 5.91 Å². The van der Waals surface area contributed by atoms with Crippen molar-refractivity contribution >= 4 is 5.91 Å². The van der Waals surface area contributed by atoms with Gasteiger partial charge in [-0.2, -0.15) is 0 Å². The molecule has 0 saturated carbocycles. The van der Waals surface area contributed by atoms with Crippen molar-refractivity contribution in [2.45, 2.75) is 33.2 Å². The number of carbonyl (C=O) groups excluding carboxylic acids is 1. The zero-order valence-corrected chi connectivity index (χ0v) is 20.4. The van der Waals surface area contributed by atoms with Crippen LogP contribution in [0, 0.1) is 18.8 Å². The van der Waals surface area contributed by atoms with Gasteiger partial charge in [-0.15, -0.1) is 0 Å². The van der Waals surface area contributed by atoms with Crippen molar-refractivity contribution in [3.05, 3.63) is 95.3 Å². The van der Waals surface area contributed by atoms with E-state index in [1.165, 1.54) is 16.8 Å². The van der Waals surface area contributed by atoms with Crippen molar-refractivity contribution in [2.75, 3.05) is 26.2 Å². The lowest BCUT2D eigenvalue weighted by Crippen LogP contribution is -2.39. The molecule has 0 radical (unpaired) electrons. The third kappa shape index (κ3) is 5.75. The molecule has 1 saturated heterocycles. The number of aryl methyl sites for hydroxylation is 2. The summed E-state index contributed by atoms with van der Waals surface area (Å²) in [5.41, 5.74) is 4.68. The van der Waals surface area contributed by atoms with E-state index in [4.69, 9.17) is 0 Å². The minimum absolute atomic E-state index is 0.149. The molecular formula is C29H37N3O. The molecule has 0 aliphatic carbocycles. The van der Waals surface area contributed by atoms with Gasteiger partial charge in [0, 0.05) is 63.1 Å². The highest BCUT2D eigenvalue weighted by Crippen LogP contribution is 2.34. The second-order valence-corrected chi connectivity index (χ2v) is 10.1. The lowest BCUT2D eigenvalue weighted by atomic mass is 9.88. The van der Waals surface area contributed by atoms with Gasteiger partial charge in [0.25, 0.3) is 5.91 Å². The second kappa shape index (κ2) is 10.4. The van der Waals surface area contributed by atoms with Crippen molar-refractivity contribution in [3.8, 4) is 0 Å². The zero-order chi connectivity index (χ0) is 23.4. The molecule has 4 rings (SSSR count). The number of hydrogen-bond donors (Lipinski definition) is 0. The van der Waals surface area contributed by atoms with Crippen molar-refractivity contribution < 1.29 is 4.79 Å². The maximum absolute atomic E-state index is 13.5. The summed E-state index contributed by atoms with van der Waals surface area (Å²) in [5, 5.41) is 0. The van der Waals surface area contributed by atoms with Crippen LogP contribution >= 0.6 is 0 Å². The molecule has 4 nitrogen and oxygen atoms in total. The number of amides is 1. The van der Waals surface area contributed by atoms with Crippen LogP contribution in [0.3, 0.4) is 0 Å². The van der Waals surface area contributed by atoms with Crippen LogP contribution < -0.4 is 0 Å². The van der Waals surface area contributed by atoms with Crippen LogP contribution in [-0.4, -0.2) is 46.5 Å². The second-order valence-electron chi connectivity index (χ2n) is 10.1. The molecule has 0 bridgehead atoms. The Bertz CT molecular complexity index is 1040. The largest absolute Gasteiger partial charge is 0.353 e. The third-order valence-electron chi connectivity index (χ3n) is 6.81. The maximum Gasteiger partial charge on any atom is 0.253 e. The van der Waals surface area contributed by atoms with Gasteiger partial charge in [-0.05, 0) is 48.6 Å². The Hall–Kier alpha value is -2.85. The summed E-state index contributed by atoms with van der Waals surface area (Å²) in [6.45, 7) is 11.0. The Labute approximate surface area is 198 Å². The molecule has 1 fully saturated rings. The van der Waals surface area contributed by atoms with Gasteiger partial charge in [0.1, 0.15) is 0 Å². The number of carbonyl (C=O) groups is 1. The fourth-order valence-electron chi connectivity index (χ4n) is 5.09. The topological polar surface area (TPSA) is 28.5 Å². The lowest BCUT2D eigenvalue weighted by molar-refractivity contribution is 0.0703. The summed E-state index contributed by atoms with van der Waals surface area (Å²) < 4.78 is 2.21. The van der Waals surface area contributed by atoms with E-state index in [9.17, 15) is 4.79 Å². The van der Waals surface area contributed by atoms with E-state index < -0.39 is 0 Å². The monoisotopic (exact) mass is 443 g/mol. The predicted molar refractivity (Wildman–Crippen MR) is 135 cm³/mol. The number of aromatic nitrogens is 1. The van der Waals surface area contributed by atoms with Crippen LogP contribution in [0.2, 0.25) is 0 Å². The van der Waals surface area contributed by atoms with E-state index in [2.05, 4.69) is 90.8 Å². The molecule has 2 atom stereocenters. The van der Waals surface area contributed by atoms with E-state index in [1.54, 1.807) is 0 Å². The van der Waals surface area contributed by atoms with E-state index in [1.807, 2.05) is 24.3 Å². The van der Waals surface area contributed by atoms with Crippen LogP contribution in [0.15, 0.2) is 72.9 Å². The van der Waals surface area contributed by atoms with Crippen LogP contribution in [0.5, 0.6) is 0 Å². The fourth-order valence-corrected chi connectivity index (χ4v) is 5.09. The molecular weight excluding hydrogens is 406 g/mol. The number of benzene rings is 2. The predicted octanol–water partition coefficient (Wildman–Crippen LogP) is 5.35. The van der Waals surface area contributed by atoms with Crippen LogP contribution in [0.1, 0.15) is 46.9 Å². The molecule has 2 unspecified atom stereocenters. The maximum atomic E-state index is 13.5. The Balaban J connectivity index is 1.57. The highest BCUT2D eigenvalue weighted by atomic mass is 16.2. The van der Waals surface area contributed by atoms with Gasteiger partial charge in [-0.1, -0.05) is 61.9 Å². The average Bonchev–Trinajstić information content (AvgIpc) is 3.39. The Kier molecular flexibility index (Phi) is 7.34. The highest BCUT2D eigenvalue weighted by Gasteiger charge is 2.36. The van der Waals surface area contributed by atoms with Gasteiger partial charge in [-0.3, -0.25) is 9.69 Å². The van der Waals surface area contributed by atoms with Gasteiger partial charge >= 0.3 is 0 Å². The third-order valence-corrected chi connectivity index (χ3v) is 6.81. The van der Waals surface area contributed by atoms with Gasteiger partial charge in [0.05, 0.1) is 0 Å². The smallest absolute Gasteiger partial charge is 0.253 e. The minimum Gasteiger partial charge on any atom is -0.353 e. The van der Waals surface area contributed by atoms with Gasteiger partial charge in [0.2, 0.25) is 0 Å². The summed E-state index contributed by atoms with van der Waals surface area (Å²) in [7, 11) is 2.11. The van der Waals surface area contributed by atoms with Crippen LogP contribution in [0.25, 0.3) is 0 Å². The standard InChI is InChI=1S/C29H37N3O/c1-22(2)17-32(29(33)25-14-12-23(3)13-15-25)19-26-18-31(20-27-11-8-16-30(27)4)21-28(26)24-9-6-5-7-10-24/h5-16,22,26,28H,17-21H2,1-4H3. The molecule has 0 N–H and O–H groups in total. The van der Waals surface area contributed by atoms with Crippen molar-refractivity contribution in [2.24, 2.45) is 18.9 Å². The summed E-state index contributed by atoms with van der Waals surface area (Å²) in [6.07, 6.45) is 2.11. The van der Waals surface area contributed by atoms with E-state index in [0.29, 0.717) is 17.8 Å². The SMILES string of the molecule is Cc1ccc(C(=O)N(CC(C)C)CC2CN(Cc3cccn3C)CC2c2ccccc2)cc1. The minimum atomic E-state index is 0.149. The van der Waals surface area contributed by atoms with Crippen LogP contribution in [-0.2, 0) is 13.6 Å².